The SMILES string of the molecule is [B]c1c[nH]c2ncnc(N3CCc4ccc(S(=O)(=O)NC)cc43)c12. The van der Waals surface area contributed by atoms with E-state index in [0.717, 1.165) is 23.1 Å². The molecule has 9 heteroatoms. The van der Waals surface area contributed by atoms with E-state index in [1.54, 1.807) is 18.3 Å². The number of rotatable bonds is 3. The Morgan fingerprint density at radius 3 is 2.96 bits per heavy atom. The van der Waals surface area contributed by atoms with Crippen molar-refractivity contribution in [3.05, 3.63) is 36.3 Å². The minimum atomic E-state index is -3.51. The fraction of sp³-hybridized carbons (Fsp3) is 0.200. The van der Waals surface area contributed by atoms with E-state index in [0.29, 0.717) is 23.5 Å². The highest BCUT2D eigenvalue weighted by molar-refractivity contribution is 7.89. The molecule has 0 bridgehead atoms. The summed E-state index contributed by atoms with van der Waals surface area (Å²) in [6, 6.07) is 5.14. The van der Waals surface area contributed by atoms with Crippen LogP contribution in [-0.4, -0.2) is 44.8 Å². The molecular formula is C15H14BN5O2S. The Balaban J connectivity index is 1.89. The molecule has 2 aromatic heterocycles. The zero-order valence-corrected chi connectivity index (χ0v) is 13.8. The minimum absolute atomic E-state index is 0.225. The third-order valence-corrected chi connectivity index (χ3v) is 5.68. The van der Waals surface area contributed by atoms with E-state index in [1.165, 1.54) is 13.4 Å². The molecule has 0 aliphatic carbocycles. The second-order valence-corrected chi connectivity index (χ2v) is 7.45. The fourth-order valence-corrected chi connectivity index (χ4v) is 3.79. The molecule has 0 amide bonds. The molecule has 4 rings (SSSR count). The fourth-order valence-electron chi connectivity index (χ4n) is 3.04. The first-order valence-corrected chi connectivity index (χ1v) is 8.91. The topological polar surface area (TPSA) is 91.0 Å². The lowest BCUT2D eigenvalue weighted by Gasteiger charge is -2.20. The molecule has 24 heavy (non-hydrogen) atoms. The van der Waals surface area contributed by atoms with E-state index >= 15 is 0 Å². The van der Waals surface area contributed by atoms with Gasteiger partial charge in [0.05, 0.1) is 10.3 Å². The maximum absolute atomic E-state index is 12.1. The van der Waals surface area contributed by atoms with E-state index in [9.17, 15) is 8.42 Å². The van der Waals surface area contributed by atoms with Crippen LogP contribution in [0, 0.1) is 0 Å². The summed E-state index contributed by atoms with van der Waals surface area (Å²) < 4.78 is 26.5. The van der Waals surface area contributed by atoms with Crippen LogP contribution in [0.1, 0.15) is 5.56 Å². The molecule has 3 heterocycles. The van der Waals surface area contributed by atoms with Gasteiger partial charge in [-0.25, -0.2) is 23.1 Å². The molecule has 2 N–H and O–H groups in total. The van der Waals surface area contributed by atoms with Crippen LogP contribution in [0.25, 0.3) is 11.0 Å². The largest absolute Gasteiger partial charge is 0.347 e. The van der Waals surface area contributed by atoms with Crippen LogP contribution in [0.15, 0.2) is 35.6 Å². The van der Waals surface area contributed by atoms with Crippen LogP contribution in [-0.2, 0) is 16.4 Å². The summed E-state index contributed by atoms with van der Waals surface area (Å²) in [5.41, 5.74) is 3.12. The van der Waals surface area contributed by atoms with Crippen LogP contribution >= 0.6 is 0 Å². The minimum Gasteiger partial charge on any atom is -0.347 e. The van der Waals surface area contributed by atoms with Crippen molar-refractivity contribution in [2.75, 3.05) is 18.5 Å². The Labute approximate surface area is 140 Å². The van der Waals surface area contributed by atoms with Crippen molar-refractivity contribution in [2.24, 2.45) is 0 Å². The van der Waals surface area contributed by atoms with Crippen molar-refractivity contribution >= 4 is 45.9 Å². The average molecular weight is 339 g/mol. The predicted molar refractivity (Wildman–Crippen MR) is 92.7 cm³/mol. The lowest BCUT2D eigenvalue weighted by molar-refractivity contribution is 0.588. The van der Waals surface area contributed by atoms with Gasteiger partial charge in [0.15, 0.2) is 0 Å². The van der Waals surface area contributed by atoms with Crippen molar-refractivity contribution in [3.63, 3.8) is 0 Å². The molecule has 0 saturated heterocycles. The van der Waals surface area contributed by atoms with E-state index in [4.69, 9.17) is 7.85 Å². The summed E-state index contributed by atoms with van der Waals surface area (Å²) in [6.45, 7) is 0.703. The Hall–Kier alpha value is -2.39. The second kappa shape index (κ2) is 5.32. The second-order valence-electron chi connectivity index (χ2n) is 5.56. The van der Waals surface area contributed by atoms with Gasteiger partial charge in [-0.1, -0.05) is 11.5 Å². The van der Waals surface area contributed by atoms with Crippen LogP contribution in [0.3, 0.4) is 0 Å². The zero-order chi connectivity index (χ0) is 16.9. The molecule has 0 unspecified atom stereocenters. The number of benzene rings is 1. The van der Waals surface area contributed by atoms with Crippen molar-refractivity contribution < 1.29 is 8.42 Å². The quantitative estimate of drug-likeness (QED) is 0.672. The average Bonchev–Trinajstić information content (AvgIpc) is 3.18. The number of nitrogens with zero attached hydrogens (tertiary/aromatic N) is 3. The van der Waals surface area contributed by atoms with E-state index in [-0.39, 0.29) is 4.90 Å². The first-order valence-electron chi connectivity index (χ1n) is 7.43. The van der Waals surface area contributed by atoms with E-state index < -0.39 is 10.0 Å². The zero-order valence-electron chi connectivity index (χ0n) is 12.9. The van der Waals surface area contributed by atoms with Gasteiger partial charge < -0.3 is 9.88 Å². The number of H-pyrrole nitrogens is 1. The third-order valence-electron chi connectivity index (χ3n) is 4.27. The van der Waals surface area contributed by atoms with Crippen LogP contribution in [0.4, 0.5) is 11.5 Å². The summed E-state index contributed by atoms with van der Waals surface area (Å²) in [5.74, 6) is 0.677. The van der Waals surface area contributed by atoms with E-state index in [2.05, 4.69) is 19.7 Å². The molecule has 2 radical (unpaired) electrons. The summed E-state index contributed by atoms with van der Waals surface area (Å²) in [4.78, 5) is 13.8. The molecule has 1 aliphatic heterocycles. The number of hydrogen-bond donors (Lipinski definition) is 2. The first-order chi connectivity index (χ1) is 11.5. The number of aromatic amines is 1. The standard InChI is InChI=1S/C15H14BN5O2S/c1-17-24(22,23)10-3-2-9-4-5-21(12(9)6-10)15-13-11(16)7-18-14(13)19-8-20-15/h2-3,6-8,17H,4-5H2,1H3,(H,18,19,20). The Kier molecular flexibility index (Phi) is 3.36. The van der Waals surface area contributed by atoms with Crippen molar-refractivity contribution in [2.45, 2.75) is 11.3 Å². The van der Waals surface area contributed by atoms with Crippen molar-refractivity contribution in [1.29, 1.82) is 0 Å². The van der Waals surface area contributed by atoms with Gasteiger partial charge in [0.2, 0.25) is 10.0 Å². The Morgan fingerprint density at radius 2 is 2.17 bits per heavy atom. The molecule has 0 atom stereocenters. The highest BCUT2D eigenvalue weighted by Gasteiger charge is 2.26. The molecule has 1 aliphatic rings. The molecule has 120 valence electrons. The van der Waals surface area contributed by atoms with Gasteiger partial charge in [-0.15, -0.1) is 0 Å². The summed E-state index contributed by atoms with van der Waals surface area (Å²) in [7, 11) is 3.93. The summed E-state index contributed by atoms with van der Waals surface area (Å²) in [5, 5.41) is 0.743. The van der Waals surface area contributed by atoms with Gasteiger partial charge in [0.25, 0.3) is 0 Å². The molecule has 0 fully saturated rings. The monoisotopic (exact) mass is 339 g/mol. The van der Waals surface area contributed by atoms with Gasteiger partial charge in [-0.05, 0) is 37.4 Å². The predicted octanol–water partition coefficient (Wildman–Crippen LogP) is 0.354. The molecule has 3 aromatic rings. The molecule has 0 saturated carbocycles. The maximum atomic E-state index is 12.1. The number of anilines is 2. The number of sulfonamides is 1. The molecular weight excluding hydrogens is 325 g/mol. The summed E-state index contributed by atoms with van der Waals surface area (Å²) in [6.07, 6.45) is 3.96. The van der Waals surface area contributed by atoms with Crippen molar-refractivity contribution in [3.8, 4) is 0 Å². The van der Waals surface area contributed by atoms with Crippen LogP contribution in [0.2, 0.25) is 0 Å². The van der Waals surface area contributed by atoms with Gasteiger partial charge in [0.1, 0.15) is 25.6 Å². The van der Waals surface area contributed by atoms with E-state index in [1.807, 2.05) is 11.0 Å². The third kappa shape index (κ3) is 2.20. The number of nitrogens with one attached hydrogen (secondary N) is 2. The number of fused-ring (bicyclic) bond motifs is 2. The number of aromatic nitrogens is 3. The van der Waals surface area contributed by atoms with Gasteiger partial charge in [-0.2, -0.15) is 0 Å². The van der Waals surface area contributed by atoms with Crippen LogP contribution < -0.4 is 15.1 Å². The van der Waals surface area contributed by atoms with Gasteiger partial charge >= 0.3 is 0 Å². The van der Waals surface area contributed by atoms with Crippen LogP contribution in [0.5, 0.6) is 0 Å². The smallest absolute Gasteiger partial charge is 0.240 e. The summed E-state index contributed by atoms with van der Waals surface area (Å²) >= 11 is 0. The lowest BCUT2D eigenvalue weighted by Crippen LogP contribution is -2.20. The maximum Gasteiger partial charge on any atom is 0.240 e. The number of hydrogen-bond acceptors (Lipinski definition) is 5. The lowest BCUT2D eigenvalue weighted by atomic mass is 9.97. The highest BCUT2D eigenvalue weighted by Crippen LogP contribution is 2.37. The molecule has 0 spiro atoms. The highest BCUT2D eigenvalue weighted by atomic mass is 32.2. The molecule has 7 nitrogen and oxygen atoms in total. The first kappa shape index (κ1) is 15.2. The van der Waals surface area contributed by atoms with Crippen molar-refractivity contribution in [1.82, 2.24) is 19.7 Å². The van der Waals surface area contributed by atoms with Gasteiger partial charge in [-0.3, -0.25) is 0 Å². The van der Waals surface area contributed by atoms with Gasteiger partial charge in [0, 0.05) is 12.2 Å². The Morgan fingerprint density at radius 1 is 1.33 bits per heavy atom. The molecule has 1 aromatic carbocycles. The Bertz CT molecular complexity index is 1050. The normalized spacial score (nSPS) is 14.3.